The van der Waals surface area contributed by atoms with Gasteiger partial charge in [-0.1, -0.05) is 6.92 Å². The monoisotopic (exact) mass is 239 g/mol. The van der Waals surface area contributed by atoms with Gasteiger partial charge >= 0.3 is 5.97 Å². The van der Waals surface area contributed by atoms with Crippen LogP contribution in [0.2, 0.25) is 0 Å². The lowest BCUT2D eigenvalue weighted by molar-refractivity contribution is -0.385. The molecular formula is C11H13NO5. The van der Waals surface area contributed by atoms with Crippen LogP contribution >= 0.6 is 0 Å². The molecule has 0 radical (unpaired) electrons. The number of methoxy groups -OCH3 is 2. The molecule has 0 atom stereocenters. The van der Waals surface area contributed by atoms with E-state index in [0.717, 1.165) is 0 Å². The SMILES string of the molecule is CCc1c(OC)cc(C(=O)OC)cc1[N+](=O)[O-]. The molecule has 6 nitrogen and oxygen atoms in total. The first kappa shape index (κ1) is 13.0. The second kappa shape index (κ2) is 5.29. The number of nitro benzene ring substituents is 1. The van der Waals surface area contributed by atoms with Gasteiger partial charge in [0.15, 0.2) is 0 Å². The number of carbonyl (C=O) groups excluding carboxylic acids is 1. The van der Waals surface area contributed by atoms with Gasteiger partial charge in [-0.05, 0) is 12.5 Å². The molecule has 0 unspecified atom stereocenters. The molecule has 0 saturated heterocycles. The van der Waals surface area contributed by atoms with Crippen molar-refractivity contribution < 1.29 is 19.2 Å². The predicted molar refractivity (Wildman–Crippen MR) is 60.4 cm³/mol. The number of rotatable bonds is 4. The Morgan fingerprint density at radius 2 is 2.06 bits per heavy atom. The quantitative estimate of drug-likeness (QED) is 0.456. The second-order valence-electron chi connectivity index (χ2n) is 3.28. The summed E-state index contributed by atoms with van der Waals surface area (Å²) in [5.41, 5.74) is 0.436. The molecule has 0 fully saturated rings. The lowest BCUT2D eigenvalue weighted by Crippen LogP contribution is -2.05. The molecule has 0 aliphatic carbocycles. The topological polar surface area (TPSA) is 78.7 Å². The highest BCUT2D eigenvalue weighted by Crippen LogP contribution is 2.31. The molecule has 0 spiro atoms. The van der Waals surface area contributed by atoms with E-state index in [1.165, 1.54) is 26.4 Å². The zero-order valence-electron chi connectivity index (χ0n) is 9.85. The van der Waals surface area contributed by atoms with E-state index in [2.05, 4.69) is 4.74 Å². The highest BCUT2D eigenvalue weighted by Gasteiger charge is 2.21. The summed E-state index contributed by atoms with van der Waals surface area (Å²) in [5, 5.41) is 10.9. The van der Waals surface area contributed by atoms with Crippen molar-refractivity contribution in [2.45, 2.75) is 13.3 Å². The Morgan fingerprint density at radius 3 is 2.47 bits per heavy atom. The smallest absolute Gasteiger partial charge is 0.338 e. The molecule has 0 aliphatic rings. The first-order valence-corrected chi connectivity index (χ1v) is 4.98. The Morgan fingerprint density at radius 1 is 1.41 bits per heavy atom. The lowest BCUT2D eigenvalue weighted by atomic mass is 10.1. The summed E-state index contributed by atoms with van der Waals surface area (Å²) >= 11 is 0. The largest absolute Gasteiger partial charge is 0.496 e. The van der Waals surface area contributed by atoms with Crippen molar-refractivity contribution in [1.29, 1.82) is 0 Å². The van der Waals surface area contributed by atoms with Gasteiger partial charge in [0.1, 0.15) is 5.75 Å². The van der Waals surface area contributed by atoms with Gasteiger partial charge in [-0.2, -0.15) is 0 Å². The third kappa shape index (κ3) is 2.52. The predicted octanol–water partition coefficient (Wildman–Crippen LogP) is 1.95. The average molecular weight is 239 g/mol. The Labute approximate surface area is 98.3 Å². The van der Waals surface area contributed by atoms with Crippen LogP contribution in [0.3, 0.4) is 0 Å². The van der Waals surface area contributed by atoms with Crippen LogP contribution in [0.4, 0.5) is 5.69 Å². The maximum Gasteiger partial charge on any atom is 0.338 e. The maximum atomic E-state index is 11.4. The molecule has 0 amide bonds. The van der Waals surface area contributed by atoms with Crippen LogP contribution in [-0.4, -0.2) is 25.1 Å². The van der Waals surface area contributed by atoms with Crippen molar-refractivity contribution in [2.24, 2.45) is 0 Å². The van der Waals surface area contributed by atoms with Gasteiger partial charge in [0.05, 0.1) is 30.3 Å². The number of ether oxygens (including phenoxy) is 2. The number of esters is 1. The summed E-state index contributed by atoms with van der Waals surface area (Å²) in [6.45, 7) is 1.78. The van der Waals surface area contributed by atoms with Crippen molar-refractivity contribution in [3.63, 3.8) is 0 Å². The van der Waals surface area contributed by atoms with E-state index in [9.17, 15) is 14.9 Å². The molecule has 0 N–H and O–H groups in total. The van der Waals surface area contributed by atoms with Crippen LogP contribution in [0, 0.1) is 10.1 Å². The second-order valence-corrected chi connectivity index (χ2v) is 3.28. The van der Waals surface area contributed by atoms with Gasteiger partial charge in [-0.25, -0.2) is 4.79 Å². The molecule has 1 aromatic carbocycles. The summed E-state index contributed by atoms with van der Waals surface area (Å²) < 4.78 is 9.58. The van der Waals surface area contributed by atoms with Crippen LogP contribution in [0.5, 0.6) is 5.75 Å². The fraction of sp³-hybridized carbons (Fsp3) is 0.364. The number of hydrogen-bond donors (Lipinski definition) is 0. The minimum atomic E-state index is -0.631. The molecule has 0 aromatic heterocycles. The van der Waals surface area contributed by atoms with Crippen molar-refractivity contribution in [2.75, 3.05) is 14.2 Å². The molecule has 0 aliphatic heterocycles. The molecule has 92 valence electrons. The summed E-state index contributed by atoms with van der Waals surface area (Å²) in [6, 6.07) is 2.64. The lowest BCUT2D eigenvalue weighted by Gasteiger charge is -2.09. The number of hydrogen-bond acceptors (Lipinski definition) is 5. The Balaban J connectivity index is 3.45. The van der Waals surface area contributed by atoms with E-state index in [1.807, 2.05) is 0 Å². The molecule has 0 bridgehead atoms. The van der Waals surface area contributed by atoms with Gasteiger partial charge in [0.2, 0.25) is 0 Å². The highest BCUT2D eigenvalue weighted by atomic mass is 16.6. The van der Waals surface area contributed by atoms with E-state index < -0.39 is 10.9 Å². The average Bonchev–Trinajstić information content (AvgIpc) is 2.35. The zero-order chi connectivity index (χ0) is 13.0. The van der Waals surface area contributed by atoms with Crippen molar-refractivity contribution in [1.82, 2.24) is 0 Å². The Hall–Kier alpha value is -2.11. The summed E-state index contributed by atoms with van der Waals surface area (Å²) in [5.74, 6) is -0.309. The molecule has 1 rings (SSSR count). The van der Waals surface area contributed by atoms with Gasteiger partial charge < -0.3 is 9.47 Å². The van der Waals surface area contributed by atoms with Crippen molar-refractivity contribution in [3.8, 4) is 5.75 Å². The van der Waals surface area contributed by atoms with Crippen LogP contribution in [0.1, 0.15) is 22.8 Å². The summed E-state index contributed by atoms with van der Waals surface area (Å²) in [6.07, 6.45) is 0.445. The van der Waals surface area contributed by atoms with Gasteiger partial charge in [0.25, 0.3) is 5.69 Å². The molecule has 6 heteroatoms. The summed E-state index contributed by atoms with van der Waals surface area (Å²) in [4.78, 5) is 21.7. The minimum absolute atomic E-state index is 0.105. The van der Waals surface area contributed by atoms with Crippen LogP contribution in [0.25, 0.3) is 0 Å². The Kier molecular flexibility index (Phi) is 4.03. The zero-order valence-corrected chi connectivity index (χ0v) is 9.85. The first-order valence-electron chi connectivity index (χ1n) is 4.98. The van der Waals surface area contributed by atoms with Gasteiger partial charge in [-0.15, -0.1) is 0 Å². The minimum Gasteiger partial charge on any atom is -0.496 e. The third-order valence-corrected chi connectivity index (χ3v) is 2.38. The van der Waals surface area contributed by atoms with Gasteiger partial charge in [-0.3, -0.25) is 10.1 Å². The molecule has 1 aromatic rings. The van der Waals surface area contributed by atoms with E-state index >= 15 is 0 Å². The fourth-order valence-corrected chi connectivity index (χ4v) is 1.57. The normalized spacial score (nSPS) is 9.82. The first-order chi connectivity index (χ1) is 8.04. The van der Waals surface area contributed by atoms with Crippen LogP contribution in [-0.2, 0) is 11.2 Å². The number of carbonyl (C=O) groups is 1. The number of nitro groups is 1. The third-order valence-electron chi connectivity index (χ3n) is 2.38. The van der Waals surface area contributed by atoms with E-state index in [4.69, 9.17) is 4.74 Å². The van der Waals surface area contributed by atoms with Crippen molar-refractivity contribution >= 4 is 11.7 Å². The Bertz CT molecular complexity index is 455. The maximum absolute atomic E-state index is 11.4. The molecular weight excluding hydrogens is 226 g/mol. The standard InChI is InChI=1S/C11H13NO5/c1-4-8-9(12(14)15)5-7(11(13)17-3)6-10(8)16-2/h5-6H,4H2,1-3H3. The highest BCUT2D eigenvalue weighted by molar-refractivity contribution is 5.91. The number of benzene rings is 1. The van der Waals surface area contributed by atoms with E-state index in [0.29, 0.717) is 17.7 Å². The molecule has 0 heterocycles. The molecule has 0 saturated carbocycles. The fourth-order valence-electron chi connectivity index (χ4n) is 1.57. The molecule has 17 heavy (non-hydrogen) atoms. The van der Waals surface area contributed by atoms with Crippen molar-refractivity contribution in [3.05, 3.63) is 33.4 Å². The number of nitrogens with zero attached hydrogens (tertiary/aromatic N) is 1. The van der Waals surface area contributed by atoms with E-state index in [-0.39, 0.29) is 11.3 Å². The van der Waals surface area contributed by atoms with Gasteiger partial charge in [0, 0.05) is 6.07 Å². The van der Waals surface area contributed by atoms with Crippen LogP contribution in [0.15, 0.2) is 12.1 Å². The van der Waals surface area contributed by atoms with E-state index in [1.54, 1.807) is 6.92 Å². The van der Waals surface area contributed by atoms with Crippen LogP contribution < -0.4 is 4.74 Å². The summed E-state index contributed by atoms with van der Waals surface area (Å²) in [7, 11) is 2.62.